The number of hydrazine groups is 1. The summed E-state index contributed by atoms with van der Waals surface area (Å²) in [7, 11) is 0. The van der Waals surface area contributed by atoms with E-state index in [1.807, 2.05) is 29.0 Å². The van der Waals surface area contributed by atoms with Crippen LogP contribution in [0.2, 0.25) is 0 Å². The van der Waals surface area contributed by atoms with Crippen LogP contribution in [-0.2, 0) is 0 Å². The van der Waals surface area contributed by atoms with Gasteiger partial charge in [0.2, 0.25) is 0 Å². The molecule has 4 nitrogen and oxygen atoms in total. The Kier molecular flexibility index (Phi) is 2.98. The second-order valence-corrected chi connectivity index (χ2v) is 5.69. The number of rotatable bonds is 4. The number of nitrogens with zero attached hydrogens (tertiary/aromatic N) is 2. The fourth-order valence-electron chi connectivity index (χ4n) is 3.30. The number of aromatic nitrogens is 2. The van der Waals surface area contributed by atoms with Crippen LogP contribution < -0.4 is 11.3 Å². The molecule has 3 atom stereocenters. The Morgan fingerprint density at radius 1 is 1.14 bits per heavy atom. The Bertz CT molecular complexity index is 750. The van der Waals surface area contributed by atoms with Crippen molar-refractivity contribution < 1.29 is 0 Å². The van der Waals surface area contributed by atoms with Crippen LogP contribution in [-0.4, -0.2) is 9.61 Å². The van der Waals surface area contributed by atoms with Crippen LogP contribution in [0.15, 0.2) is 60.9 Å². The monoisotopic (exact) mass is 278 g/mol. The predicted molar refractivity (Wildman–Crippen MR) is 82.5 cm³/mol. The summed E-state index contributed by atoms with van der Waals surface area (Å²) in [6.45, 7) is 0. The average molecular weight is 278 g/mol. The zero-order chi connectivity index (χ0) is 14.2. The lowest BCUT2D eigenvalue weighted by Crippen LogP contribution is -2.29. The topological polar surface area (TPSA) is 55.3 Å². The molecule has 106 valence electrons. The number of benzene rings is 1. The summed E-state index contributed by atoms with van der Waals surface area (Å²) in [6, 6.07) is 16.9. The highest BCUT2D eigenvalue weighted by molar-refractivity contribution is 5.55. The van der Waals surface area contributed by atoms with Crippen molar-refractivity contribution in [3.63, 3.8) is 0 Å². The molecule has 1 saturated carbocycles. The quantitative estimate of drug-likeness (QED) is 0.570. The number of fused-ring (bicyclic) bond motifs is 1. The lowest BCUT2D eigenvalue weighted by Gasteiger charge is -2.15. The van der Waals surface area contributed by atoms with E-state index in [2.05, 4.69) is 46.9 Å². The van der Waals surface area contributed by atoms with Gasteiger partial charge in [-0.1, -0.05) is 36.4 Å². The smallest absolute Gasteiger partial charge is 0.0710 e. The molecule has 0 radical (unpaired) electrons. The van der Waals surface area contributed by atoms with Crippen molar-refractivity contribution in [3.05, 3.63) is 72.1 Å². The Morgan fingerprint density at radius 2 is 1.95 bits per heavy atom. The summed E-state index contributed by atoms with van der Waals surface area (Å²) in [6.07, 6.45) is 5.07. The van der Waals surface area contributed by atoms with E-state index in [0.29, 0.717) is 11.8 Å². The molecule has 4 heteroatoms. The highest BCUT2D eigenvalue weighted by Gasteiger charge is 2.44. The molecule has 0 aliphatic heterocycles. The van der Waals surface area contributed by atoms with Crippen molar-refractivity contribution in [1.82, 2.24) is 15.0 Å². The van der Waals surface area contributed by atoms with Crippen molar-refractivity contribution >= 4 is 5.52 Å². The Morgan fingerprint density at radius 3 is 2.76 bits per heavy atom. The van der Waals surface area contributed by atoms with Crippen LogP contribution in [0, 0.1) is 5.92 Å². The first-order valence-corrected chi connectivity index (χ1v) is 7.32. The van der Waals surface area contributed by atoms with E-state index in [1.165, 1.54) is 17.5 Å². The molecule has 0 bridgehead atoms. The summed E-state index contributed by atoms with van der Waals surface area (Å²) in [5.74, 6) is 6.97. The minimum Gasteiger partial charge on any atom is -0.271 e. The van der Waals surface area contributed by atoms with E-state index < -0.39 is 0 Å². The predicted octanol–water partition coefficient (Wildman–Crippen LogP) is 2.64. The van der Waals surface area contributed by atoms with Gasteiger partial charge in [0.1, 0.15) is 0 Å². The molecule has 1 aliphatic carbocycles. The summed E-state index contributed by atoms with van der Waals surface area (Å²) in [4.78, 5) is 0. The fraction of sp³-hybridized carbons (Fsp3) is 0.235. The van der Waals surface area contributed by atoms with Crippen LogP contribution in [0.4, 0.5) is 0 Å². The van der Waals surface area contributed by atoms with Crippen LogP contribution in [0.3, 0.4) is 0 Å². The summed E-state index contributed by atoms with van der Waals surface area (Å²) in [5, 5.41) is 4.42. The van der Waals surface area contributed by atoms with Gasteiger partial charge in [0, 0.05) is 11.8 Å². The zero-order valence-electron chi connectivity index (χ0n) is 11.7. The molecule has 3 unspecified atom stereocenters. The number of hydrogen-bond acceptors (Lipinski definition) is 3. The van der Waals surface area contributed by atoms with Crippen molar-refractivity contribution in [2.24, 2.45) is 11.8 Å². The standard InChI is InChI=1S/C17H18N4/c18-20-17(14-10-13(14)12-6-2-1-3-7-12)15-11-19-21-9-5-4-8-16(15)21/h1-9,11,13-14,17,20H,10,18H2. The molecule has 2 aromatic heterocycles. The molecule has 0 saturated heterocycles. The third-order valence-electron chi connectivity index (χ3n) is 4.47. The van der Waals surface area contributed by atoms with Gasteiger partial charge in [-0.2, -0.15) is 5.10 Å². The lowest BCUT2D eigenvalue weighted by atomic mass is 10.0. The molecule has 1 aromatic carbocycles. The van der Waals surface area contributed by atoms with Crippen LogP contribution in [0.5, 0.6) is 0 Å². The van der Waals surface area contributed by atoms with Gasteiger partial charge in [0.05, 0.1) is 17.8 Å². The van der Waals surface area contributed by atoms with Gasteiger partial charge in [-0.15, -0.1) is 0 Å². The second-order valence-electron chi connectivity index (χ2n) is 5.69. The van der Waals surface area contributed by atoms with E-state index in [1.54, 1.807) is 0 Å². The maximum Gasteiger partial charge on any atom is 0.0710 e. The maximum atomic E-state index is 5.85. The molecule has 21 heavy (non-hydrogen) atoms. The number of hydrogen-bond donors (Lipinski definition) is 2. The first-order chi connectivity index (χ1) is 10.4. The maximum absolute atomic E-state index is 5.85. The molecule has 0 spiro atoms. The lowest BCUT2D eigenvalue weighted by molar-refractivity contribution is 0.490. The highest BCUT2D eigenvalue weighted by Crippen LogP contribution is 2.54. The first kappa shape index (κ1) is 12.6. The number of nitrogens with two attached hydrogens (primary N) is 1. The van der Waals surface area contributed by atoms with Gasteiger partial charge in [0.25, 0.3) is 0 Å². The van der Waals surface area contributed by atoms with Crippen LogP contribution >= 0.6 is 0 Å². The third-order valence-corrected chi connectivity index (χ3v) is 4.47. The van der Waals surface area contributed by atoms with Crippen molar-refractivity contribution in [2.75, 3.05) is 0 Å². The molecular weight excluding hydrogens is 260 g/mol. The summed E-state index contributed by atoms with van der Waals surface area (Å²) in [5.41, 5.74) is 6.71. The van der Waals surface area contributed by atoms with Gasteiger partial charge in [0.15, 0.2) is 0 Å². The first-order valence-electron chi connectivity index (χ1n) is 7.32. The minimum absolute atomic E-state index is 0.148. The van der Waals surface area contributed by atoms with Crippen molar-refractivity contribution in [3.8, 4) is 0 Å². The fourth-order valence-corrected chi connectivity index (χ4v) is 3.30. The molecule has 2 heterocycles. The summed E-state index contributed by atoms with van der Waals surface area (Å²) < 4.78 is 1.90. The Balaban J connectivity index is 1.65. The molecule has 0 amide bonds. The highest BCUT2D eigenvalue weighted by atomic mass is 15.3. The second kappa shape index (κ2) is 4.98. The van der Waals surface area contributed by atoms with E-state index in [4.69, 9.17) is 5.84 Å². The SMILES string of the molecule is NNC(c1cnn2ccccc12)C1CC1c1ccccc1. The normalized spacial score (nSPS) is 22.3. The largest absolute Gasteiger partial charge is 0.271 e. The molecule has 3 N–H and O–H groups in total. The van der Waals surface area contributed by atoms with Crippen molar-refractivity contribution in [2.45, 2.75) is 18.4 Å². The molecule has 3 aromatic rings. The van der Waals surface area contributed by atoms with E-state index in [9.17, 15) is 0 Å². The van der Waals surface area contributed by atoms with Crippen molar-refractivity contribution in [1.29, 1.82) is 0 Å². The Hall–Kier alpha value is -2.17. The van der Waals surface area contributed by atoms with Gasteiger partial charge in [-0.3, -0.25) is 11.3 Å². The van der Waals surface area contributed by atoms with Gasteiger partial charge < -0.3 is 0 Å². The van der Waals surface area contributed by atoms with E-state index >= 15 is 0 Å². The van der Waals surface area contributed by atoms with E-state index in [-0.39, 0.29) is 6.04 Å². The molecule has 1 fully saturated rings. The van der Waals surface area contributed by atoms with E-state index in [0.717, 1.165) is 5.52 Å². The summed E-state index contributed by atoms with van der Waals surface area (Å²) >= 11 is 0. The van der Waals surface area contributed by atoms with Crippen LogP contribution in [0.1, 0.15) is 29.5 Å². The zero-order valence-corrected chi connectivity index (χ0v) is 11.7. The molecule has 4 rings (SSSR count). The van der Waals surface area contributed by atoms with Gasteiger partial charge in [-0.05, 0) is 36.0 Å². The van der Waals surface area contributed by atoms with Gasteiger partial charge in [-0.25, -0.2) is 4.52 Å². The number of nitrogens with one attached hydrogen (secondary N) is 1. The number of pyridine rings is 1. The van der Waals surface area contributed by atoms with Gasteiger partial charge >= 0.3 is 0 Å². The Labute approximate surface area is 123 Å². The minimum atomic E-state index is 0.148. The third kappa shape index (κ3) is 2.13. The molecule has 1 aliphatic rings. The average Bonchev–Trinajstić information content (AvgIpc) is 3.22. The molecular formula is C17H18N4. The van der Waals surface area contributed by atoms with Crippen LogP contribution in [0.25, 0.3) is 5.52 Å².